The molecule has 52 heavy (non-hydrogen) atoms. The van der Waals surface area contributed by atoms with Crippen LogP contribution in [0.2, 0.25) is 0 Å². The number of anilines is 1. The predicted octanol–water partition coefficient (Wildman–Crippen LogP) is 5.41. The van der Waals surface area contributed by atoms with E-state index in [1.165, 1.54) is 9.80 Å². The van der Waals surface area contributed by atoms with Crippen molar-refractivity contribution in [2.45, 2.75) is 97.1 Å². The summed E-state index contributed by atoms with van der Waals surface area (Å²) in [6, 6.07) is 14.7. The van der Waals surface area contributed by atoms with Gasteiger partial charge in [0.05, 0.1) is 12.1 Å². The number of nitrogens with one attached hydrogen (secondary N) is 2. The molecule has 0 saturated carbocycles. The zero-order valence-electron chi connectivity index (χ0n) is 30.7. The van der Waals surface area contributed by atoms with Gasteiger partial charge in [-0.2, -0.15) is 0 Å². The molecule has 2 aromatic carbocycles. The molecule has 4 amide bonds. The van der Waals surface area contributed by atoms with E-state index < -0.39 is 53.8 Å². The van der Waals surface area contributed by atoms with Gasteiger partial charge in [-0.15, -0.1) is 0 Å². The predicted molar refractivity (Wildman–Crippen MR) is 193 cm³/mol. The second-order valence-corrected chi connectivity index (χ2v) is 14.7. The van der Waals surface area contributed by atoms with Crippen LogP contribution in [-0.4, -0.2) is 100 Å². The summed E-state index contributed by atoms with van der Waals surface area (Å²) in [6.45, 7) is 12.4. The van der Waals surface area contributed by atoms with Crippen LogP contribution in [0.3, 0.4) is 0 Å². The number of carbonyl (C=O) groups is 5. The van der Waals surface area contributed by atoms with Crippen molar-refractivity contribution < 1.29 is 43.3 Å². The zero-order valence-corrected chi connectivity index (χ0v) is 30.7. The zero-order chi connectivity index (χ0) is 38.1. The molecule has 2 saturated heterocycles. The van der Waals surface area contributed by atoms with E-state index in [2.05, 4.69) is 15.5 Å². The number of amides is 4. The van der Waals surface area contributed by atoms with Crippen molar-refractivity contribution in [2.24, 2.45) is 4.99 Å². The molecule has 2 heterocycles. The molecule has 15 heteroatoms. The fraction of sp³-hybridized carbons (Fsp3) is 0.514. The molecule has 3 N–H and O–H groups in total. The van der Waals surface area contributed by atoms with E-state index in [0.717, 1.165) is 11.3 Å². The van der Waals surface area contributed by atoms with Crippen LogP contribution < -0.4 is 15.5 Å². The summed E-state index contributed by atoms with van der Waals surface area (Å²) >= 11 is 0. The fourth-order valence-electron chi connectivity index (χ4n) is 5.57. The number of hydrogen-bond donors (Lipinski definition) is 3. The summed E-state index contributed by atoms with van der Waals surface area (Å²) in [5.74, 6) is -1.72. The van der Waals surface area contributed by atoms with Gasteiger partial charge < -0.3 is 34.9 Å². The quantitative estimate of drug-likeness (QED) is 0.284. The van der Waals surface area contributed by atoms with Gasteiger partial charge in [0.2, 0.25) is 11.9 Å². The second kappa shape index (κ2) is 17.2. The van der Waals surface area contributed by atoms with Gasteiger partial charge in [-0.1, -0.05) is 36.4 Å². The van der Waals surface area contributed by atoms with Crippen LogP contribution in [0.25, 0.3) is 0 Å². The lowest BCUT2D eigenvalue weighted by Crippen LogP contribution is -2.56. The third-order valence-corrected chi connectivity index (χ3v) is 7.95. The minimum absolute atomic E-state index is 0.0325. The highest BCUT2D eigenvalue weighted by molar-refractivity contribution is 6.03. The number of hydrogen-bond acceptors (Lipinski definition) is 10. The average Bonchev–Trinajstić information content (AvgIpc) is 3.06. The van der Waals surface area contributed by atoms with Gasteiger partial charge in [-0.3, -0.25) is 4.79 Å². The van der Waals surface area contributed by atoms with Gasteiger partial charge in [0.1, 0.15) is 23.9 Å². The Morgan fingerprint density at radius 2 is 1.44 bits per heavy atom. The molecule has 2 aromatic rings. The Bertz CT molecular complexity index is 1570. The van der Waals surface area contributed by atoms with E-state index in [0.29, 0.717) is 51.1 Å². The molecule has 0 spiro atoms. The molecule has 1 atom stereocenters. The Morgan fingerprint density at radius 1 is 0.846 bits per heavy atom. The first kappa shape index (κ1) is 39.4. The van der Waals surface area contributed by atoms with Gasteiger partial charge in [0.25, 0.3) is 0 Å². The van der Waals surface area contributed by atoms with Crippen molar-refractivity contribution in [2.75, 3.05) is 31.1 Å². The summed E-state index contributed by atoms with van der Waals surface area (Å²) in [5.41, 5.74) is 0.606. The number of carboxylic acid groups (broad SMARTS) is 1. The normalized spacial score (nSPS) is 16.0. The van der Waals surface area contributed by atoms with Crippen molar-refractivity contribution >= 4 is 47.5 Å². The number of piperidine rings is 1. The third-order valence-electron chi connectivity index (χ3n) is 7.95. The largest absolute Gasteiger partial charge is 0.480 e. The summed E-state index contributed by atoms with van der Waals surface area (Å²) < 4.78 is 16.4. The smallest absolute Gasteiger partial charge is 0.417 e. The van der Waals surface area contributed by atoms with Gasteiger partial charge in [0, 0.05) is 37.9 Å². The average molecular weight is 723 g/mol. The Labute approximate surface area is 304 Å². The van der Waals surface area contributed by atoms with Crippen LogP contribution in [-0.2, 0) is 30.4 Å². The summed E-state index contributed by atoms with van der Waals surface area (Å²) in [4.78, 5) is 72.9. The Kier molecular flexibility index (Phi) is 13.1. The molecule has 0 radical (unpaired) electrons. The van der Waals surface area contributed by atoms with Crippen LogP contribution in [0.5, 0.6) is 0 Å². The van der Waals surface area contributed by atoms with Crippen LogP contribution in [0.15, 0.2) is 59.6 Å². The van der Waals surface area contributed by atoms with Crippen molar-refractivity contribution in [3.05, 3.63) is 60.2 Å². The standard InChI is InChI=1S/C37H50N6O9/c1-36(2,3)51-34(48)42-18-11-19-43(35(49)52-37(4,5)6)32(42)39-27-14-10-15-28(22-27)41-20-16-26(17-21-41)38-30(44)23-29(31(45)46)40-33(47)50-24-25-12-8-7-9-13-25/h7-10,12-15,22,26,29H,11,16-21,23-24H2,1-6H3,(H,38,44)(H,40,47)(H,45,46). The van der Waals surface area contributed by atoms with E-state index in [1.807, 2.05) is 24.3 Å². The first-order valence-electron chi connectivity index (χ1n) is 17.4. The summed E-state index contributed by atoms with van der Waals surface area (Å²) in [5, 5.41) is 14.8. The van der Waals surface area contributed by atoms with Crippen molar-refractivity contribution in [3.8, 4) is 0 Å². The number of ether oxygens (including phenoxy) is 3. The minimum Gasteiger partial charge on any atom is -0.480 e. The maximum atomic E-state index is 13.3. The monoisotopic (exact) mass is 722 g/mol. The molecule has 0 aliphatic carbocycles. The number of benzene rings is 2. The van der Waals surface area contributed by atoms with Crippen molar-refractivity contribution in [1.82, 2.24) is 20.4 Å². The van der Waals surface area contributed by atoms with Crippen LogP contribution in [0, 0.1) is 0 Å². The number of carboxylic acids is 1. The molecule has 2 aliphatic rings. The van der Waals surface area contributed by atoms with E-state index in [1.54, 1.807) is 71.9 Å². The number of alkyl carbamates (subject to hydrolysis) is 1. The summed E-state index contributed by atoms with van der Waals surface area (Å²) in [6.07, 6.45) is -0.914. The highest BCUT2D eigenvalue weighted by atomic mass is 16.6. The van der Waals surface area contributed by atoms with Gasteiger partial charge in [0.15, 0.2) is 0 Å². The minimum atomic E-state index is -1.45. The topological polar surface area (TPSA) is 179 Å². The highest BCUT2D eigenvalue weighted by Gasteiger charge is 2.37. The summed E-state index contributed by atoms with van der Waals surface area (Å²) in [7, 11) is 0. The first-order chi connectivity index (χ1) is 24.5. The van der Waals surface area contributed by atoms with Gasteiger partial charge in [-0.05, 0) is 84.6 Å². The molecular formula is C37H50N6O9. The number of rotatable bonds is 9. The molecule has 1 unspecified atom stereocenters. The van der Waals surface area contributed by atoms with Crippen LogP contribution in [0.4, 0.5) is 25.8 Å². The van der Waals surface area contributed by atoms with Crippen molar-refractivity contribution in [1.29, 1.82) is 0 Å². The van der Waals surface area contributed by atoms with Gasteiger partial charge in [-0.25, -0.2) is 34.0 Å². The maximum absolute atomic E-state index is 13.3. The van der Waals surface area contributed by atoms with E-state index in [-0.39, 0.29) is 18.6 Å². The highest BCUT2D eigenvalue weighted by Crippen LogP contribution is 2.27. The molecule has 0 bridgehead atoms. The molecule has 2 aliphatic heterocycles. The SMILES string of the molecule is CC(C)(C)OC(=O)N1CCCN(C(=O)OC(C)(C)C)C1=Nc1cccc(N2CCC(NC(=O)CC(NC(=O)OCc3ccccc3)C(=O)O)CC2)c1. The molecule has 2 fully saturated rings. The molecule has 282 valence electrons. The first-order valence-corrected chi connectivity index (χ1v) is 17.4. The van der Waals surface area contributed by atoms with Crippen LogP contribution in [0.1, 0.15) is 72.8 Å². The number of nitrogens with zero attached hydrogens (tertiary/aromatic N) is 4. The Hall–Kier alpha value is -5.34. The van der Waals surface area contributed by atoms with E-state index in [9.17, 15) is 29.1 Å². The lowest BCUT2D eigenvalue weighted by atomic mass is 10.0. The van der Waals surface area contributed by atoms with E-state index in [4.69, 9.17) is 19.2 Å². The van der Waals surface area contributed by atoms with Crippen LogP contribution >= 0.6 is 0 Å². The lowest BCUT2D eigenvalue weighted by Gasteiger charge is -2.37. The van der Waals surface area contributed by atoms with Crippen molar-refractivity contribution in [3.63, 3.8) is 0 Å². The van der Waals surface area contributed by atoms with Gasteiger partial charge >= 0.3 is 24.2 Å². The molecule has 4 rings (SSSR count). The number of carbonyl (C=O) groups excluding carboxylic acids is 4. The molecular weight excluding hydrogens is 672 g/mol. The maximum Gasteiger partial charge on any atom is 0.417 e. The third kappa shape index (κ3) is 12.2. The second-order valence-electron chi connectivity index (χ2n) is 14.7. The Morgan fingerprint density at radius 3 is 2.00 bits per heavy atom. The number of aliphatic imine (C=N–C) groups is 1. The van der Waals surface area contributed by atoms with E-state index >= 15 is 0 Å². The molecule has 15 nitrogen and oxygen atoms in total. The number of aliphatic carboxylic acids is 1. The fourth-order valence-corrected chi connectivity index (χ4v) is 5.57. The number of guanidine groups is 1. The molecule has 0 aromatic heterocycles. The Balaban J connectivity index is 1.38. The lowest BCUT2D eigenvalue weighted by molar-refractivity contribution is -0.141.